The number of allylic oxidation sites excluding steroid dienone is 1. The van der Waals surface area contributed by atoms with Crippen LogP contribution in [0.4, 0.5) is 4.79 Å². The second kappa shape index (κ2) is 2.30. The molecule has 5 nitrogen and oxygen atoms in total. The fraction of sp³-hybridized carbons (Fsp3) is 0.500. The maximum atomic E-state index is 11.4. The van der Waals surface area contributed by atoms with E-state index in [0.29, 0.717) is 0 Å². The summed E-state index contributed by atoms with van der Waals surface area (Å²) in [6.45, 7) is 1.86. The molecule has 0 aromatic rings. The number of hydrazine groups is 1. The third kappa shape index (κ3) is 1.03. The molecule has 1 aliphatic heterocycles. The van der Waals surface area contributed by atoms with Crippen LogP contribution in [0, 0.1) is 0 Å². The van der Waals surface area contributed by atoms with Crippen molar-refractivity contribution in [2.45, 2.75) is 6.92 Å². The van der Waals surface area contributed by atoms with Crippen LogP contribution in [0.1, 0.15) is 6.92 Å². The Kier molecular flexibility index (Phi) is 1.71. The molecule has 3 N–H and O–H groups in total. The topological polar surface area (TPSA) is 58.4 Å². The Hall–Kier alpha value is -0.910. The summed E-state index contributed by atoms with van der Waals surface area (Å²) in [5.41, 5.74) is 3.32. The standard InChI is InChI=1S/C6H13N4O/c1-5-4-10(3,8-7)6(11)9(5)2/h4,8H,7H2,1-3H3/q+1. The zero-order chi connectivity index (χ0) is 8.65. The highest BCUT2D eigenvalue weighted by molar-refractivity contribution is 5.71. The van der Waals surface area contributed by atoms with E-state index in [1.54, 1.807) is 25.2 Å². The first-order valence-electron chi connectivity index (χ1n) is 3.33. The first-order chi connectivity index (χ1) is 5.01. The zero-order valence-electron chi connectivity index (χ0n) is 6.96. The summed E-state index contributed by atoms with van der Waals surface area (Å²) in [6.07, 6.45) is 1.75. The highest BCUT2D eigenvalue weighted by Crippen LogP contribution is 2.18. The lowest BCUT2D eigenvalue weighted by molar-refractivity contribution is -0.824. The summed E-state index contributed by atoms with van der Waals surface area (Å²) in [4.78, 5) is 12.9. The van der Waals surface area contributed by atoms with Crippen LogP contribution in [0.25, 0.3) is 0 Å². The van der Waals surface area contributed by atoms with Gasteiger partial charge in [-0.25, -0.2) is 10.6 Å². The van der Waals surface area contributed by atoms with Gasteiger partial charge in [-0.1, -0.05) is 5.53 Å². The van der Waals surface area contributed by atoms with Gasteiger partial charge in [0.15, 0.2) is 0 Å². The Labute approximate surface area is 65.6 Å². The molecule has 0 fully saturated rings. The first kappa shape index (κ1) is 8.19. The molecule has 0 saturated heterocycles. The lowest BCUT2D eigenvalue weighted by Crippen LogP contribution is -2.58. The van der Waals surface area contributed by atoms with E-state index in [-0.39, 0.29) is 10.6 Å². The molecule has 0 saturated carbocycles. The Morgan fingerprint density at radius 3 is 2.45 bits per heavy atom. The largest absolute Gasteiger partial charge is 0.448 e. The summed E-state index contributed by atoms with van der Waals surface area (Å²) < 4.78 is -0.0671. The Bertz CT molecular complexity index is 225. The van der Waals surface area contributed by atoms with Gasteiger partial charge in [-0.2, -0.15) is 0 Å². The van der Waals surface area contributed by atoms with Crippen LogP contribution < -0.4 is 11.4 Å². The minimum absolute atomic E-state index is 0.0671. The van der Waals surface area contributed by atoms with Gasteiger partial charge in [-0.3, -0.25) is 4.90 Å². The highest BCUT2D eigenvalue weighted by atomic mass is 16.2. The predicted octanol–water partition coefficient (Wildman–Crippen LogP) is -0.262. The van der Waals surface area contributed by atoms with E-state index in [9.17, 15) is 4.79 Å². The lowest BCUT2D eigenvalue weighted by atomic mass is 10.5. The van der Waals surface area contributed by atoms with E-state index in [1.165, 1.54) is 0 Å². The van der Waals surface area contributed by atoms with Crippen molar-refractivity contribution in [2.75, 3.05) is 14.1 Å². The number of carbonyl (C=O) groups excluding carboxylic acids is 1. The SMILES string of the molecule is CC1=C[N+](C)(NN)C(=O)N1C. The van der Waals surface area contributed by atoms with Gasteiger partial charge in [-0.05, 0) is 6.92 Å². The highest BCUT2D eigenvalue weighted by Gasteiger charge is 2.40. The molecule has 0 spiro atoms. The van der Waals surface area contributed by atoms with E-state index in [2.05, 4.69) is 5.53 Å². The van der Waals surface area contributed by atoms with E-state index >= 15 is 0 Å². The van der Waals surface area contributed by atoms with Crippen molar-refractivity contribution in [1.82, 2.24) is 10.4 Å². The second-order valence-electron chi connectivity index (χ2n) is 2.82. The van der Waals surface area contributed by atoms with Crippen LogP contribution in [-0.4, -0.2) is 29.6 Å². The van der Waals surface area contributed by atoms with Crippen molar-refractivity contribution < 1.29 is 9.39 Å². The Morgan fingerprint density at radius 2 is 2.27 bits per heavy atom. The fourth-order valence-electron chi connectivity index (χ4n) is 1.07. The van der Waals surface area contributed by atoms with Crippen LogP contribution in [0.2, 0.25) is 0 Å². The number of hydrogen-bond donors (Lipinski definition) is 2. The Morgan fingerprint density at radius 1 is 1.73 bits per heavy atom. The zero-order valence-corrected chi connectivity index (χ0v) is 6.96. The van der Waals surface area contributed by atoms with Crippen molar-refractivity contribution in [3.05, 3.63) is 11.9 Å². The van der Waals surface area contributed by atoms with Crippen molar-refractivity contribution in [2.24, 2.45) is 5.84 Å². The molecule has 1 unspecified atom stereocenters. The summed E-state index contributed by atoms with van der Waals surface area (Å²) in [5, 5.41) is 0. The van der Waals surface area contributed by atoms with Crippen LogP contribution in [0.5, 0.6) is 0 Å². The number of nitrogens with zero attached hydrogens (tertiary/aromatic N) is 2. The minimum atomic E-state index is -0.0787. The maximum absolute atomic E-state index is 11.4. The molecule has 11 heavy (non-hydrogen) atoms. The first-order valence-corrected chi connectivity index (χ1v) is 3.33. The van der Waals surface area contributed by atoms with Gasteiger partial charge in [-0.15, -0.1) is 4.59 Å². The minimum Gasteiger partial charge on any atom is -0.262 e. The average Bonchev–Trinajstić information content (AvgIpc) is 2.17. The van der Waals surface area contributed by atoms with Gasteiger partial charge >= 0.3 is 6.03 Å². The molecule has 1 rings (SSSR count). The van der Waals surface area contributed by atoms with Gasteiger partial charge < -0.3 is 0 Å². The van der Waals surface area contributed by atoms with E-state index in [4.69, 9.17) is 5.84 Å². The molecule has 0 bridgehead atoms. The molecular weight excluding hydrogens is 144 g/mol. The molecule has 1 aliphatic rings. The molecule has 0 aliphatic carbocycles. The molecule has 62 valence electrons. The molecule has 0 aromatic carbocycles. The van der Waals surface area contributed by atoms with Gasteiger partial charge in [0.25, 0.3) is 0 Å². The van der Waals surface area contributed by atoms with Crippen molar-refractivity contribution in [1.29, 1.82) is 0 Å². The fourth-order valence-corrected chi connectivity index (χ4v) is 1.07. The van der Waals surface area contributed by atoms with Gasteiger partial charge in [0.1, 0.15) is 13.2 Å². The van der Waals surface area contributed by atoms with E-state index in [0.717, 1.165) is 5.70 Å². The average molecular weight is 157 g/mol. The number of carbonyl (C=O) groups is 1. The molecule has 0 radical (unpaired) electrons. The number of nitrogens with one attached hydrogen (secondary N) is 1. The number of urea groups is 1. The normalized spacial score (nSPS) is 31.1. The van der Waals surface area contributed by atoms with Crippen molar-refractivity contribution >= 4 is 6.03 Å². The van der Waals surface area contributed by atoms with E-state index in [1.807, 2.05) is 6.92 Å². The number of rotatable bonds is 1. The third-order valence-corrected chi connectivity index (χ3v) is 1.93. The van der Waals surface area contributed by atoms with Crippen LogP contribution in [-0.2, 0) is 0 Å². The summed E-state index contributed by atoms with van der Waals surface area (Å²) in [7, 11) is 3.41. The molecule has 1 atom stereocenters. The second-order valence-corrected chi connectivity index (χ2v) is 2.82. The smallest absolute Gasteiger partial charge is 0.262 e. The van der Waals surface area contributed by atoms with Crippen LogP contribution >= 0.6 is 0 Å². The van der Waals surface area contributed by atoms with Gasteiger partial charge in [0.05, 0.1) is 5.70 Å². The molecule has 2 amide bonds. The monoisotopic (exact) mass is 157 g/mol. The van der Waals surface area contributed by atoms with Crippen LogP contribution in [0.15, 0.2) is 11.9 Å². The number of amides is 2. The van der Waals surface area contributed by atoms with Crippen molar-refractivity contribution in [3.63, 3.8) is 0 Å². The Balaban J connectivity index is 2.97. The summed E-state index contributed by atoms with van der Waals surface area (Å²) in [6, 6.07) is -0.0787. The molecular formula is C6H13N4O+. The quantitative estimate of drug-likeness (QED) is 0.313. The maximum Gasteiger partial charge on any atom is 0.448 e. The molecule has 1 heterocycles. The third-order valence-electron chi connectivity index (χ3n) is 1.93. The summed E-state index contributed by atoms with van der Waals surface area (Å²) >= 11 is 0. The van der Waals surface area contributed by atoms with Gasteiger partial charge in [0, 0.05) is 7.05 Å². The predicted molar refractivity (Wildman–Crippen MR) is 40.4 cm³/mol. The number of hydrogen-bond acceptors (Lipinski definition) is 3. The lowest BCUT2D eigenvalue weighted by Gasteiger charge is -2.20. The van der Waals surface area contributed by atoms with Gasteiger partial charge in [0.2, 0.25) is 0 Å². The number of nitrogens with two attached hydrogens (primary N) is 1. The number of quaternary nitrogens is 1. The van der Waals surface area contributed by atoms with E-state index < -0.39 is 0 Å². The summed E-state index contributed by atoms with van der Waals surface area (Å²) in [5.74, 6) is 5.21. The molecule has 0 aromatic heterocycles. The molecule has 5 heteroatoms. The van der Waals surface area contributed by atoms with Crippen LogP contribution in [0.3, 0.4) is 0 Å². The van der Waals surface area contributed by atoms with Crippen molar-refractivity contribution in [3.8, 4) is 0 Å².